The van der Waals surface area contributed by atoms with Gasteiger partial charge < -0.3 is 9.47 Å². The number of methoxy groups -OCH3 is 1. The topological polar surface area (TPSA) is 97.3 Å². The van der Waals surface area contributed by atoms with E-state index >= 15 is 0 Å². The molecular weight excluding hydrogens is 522 g/mol. The Morgan fingerprint density at radius 2 is 2.06 bits per heavy atom. The van der Waals surface area contributed by atoms with Gasteiger partial charge in [-0.1, -0.05) is 30.3 Å². The van der Waals surface area contributed by atoms with Gasteiger partial charge in [-0.3, -0.25) is 9.10 Å². The molecule has 0 aliphatic heterocycles. The van der Waals surface area contributed by atoms with Crippen molar-refractivity contribution in [2.45, 2.75) is 6.92 Å². The Morgan fingerprint density at radius 3 is 2.69 bits per heavy atom. The lowest BCUT2D eigenvalue weighted by Gasteiger charge is -2.23. The van der Waals surface area contributed by atoms with Gasteiger partial charge in [-0.15, -0.1) is 0 Å². The van der Waals surface area contributed by atoms with Crippen LogP contribution in [0.15, 0.2) is 52.6 Å². The molecule has 8 nitrogen and oxygen atoms in total. The van der Waals surface area contributed by atoms with Crippen LogP contribution >= 0.6 is 27.5 Å². The van der Waals surface area contributed by atoms with Gasteiger partial charge in [-0.2, -0.15) is 5.10 Å². The van der Waals surface area contributed by atoms with Gasteiger partial charge in [0, 0.05) is 5.02 Å². The number of carbonyl (C=O) groups is 1. The number of hydrazone groups is 1. The van der Waals surface area contributed by atoms with Gasteiger partial charge in [0.1, 0.15) is 13.2 Å². The van der Waals surface area contributed by atoms with Crippen molar-refractivity contribution in [3.05, 3.63) is 63.6 Å². The lowest BCUT2D eigenvalue weighted by Crippen LogP contribution is -2.39. The van der Waals surface area contributed by atoms with Crippen LogP contribution in [0.25, 0.3) is 0 Å². The van der Waals surface area contributed by atoms with Crippen LogP contribution in [0.1, 0.15) is 11.1 Å². The smallest absolute Gasteiger partial charge is 0.260 e. The summed E-state index contributed by atoms with van der Waals surface area (Å²) < 4.78 is 37.0. The first-order valence-electron chi connectivity index (χ1n) is 9.23. The standard InChI is InChI=1S/C21H23BrClN3O5S/c1-5-8-31-21-17(22)9-15(10-19(21)30-3)12-24-25-20(27)13-26(32(4,28)29)18-11-16(23)7-6-14(18)2/h5-7,9-12H,1,8,13H2,2-4H3,(H,25,27)/b24-12-. The second-order valence-corrected chi connectivity index (χ2v) is 9.82. The van der Waals surface area contributed by atoms with Crippen LogP contribution in [0.5, 0.6) is 11.5 Å². The second-order valence-electron chi connectivity index (χ2n) is 6.63. The summed E-state index contributed by atoms with van der Waals surface area (Å²) in [5.41, 5.74) is 3.93. The first-order valence-corrected chi connectivity index (χ1v) is 12.3. The summed E-state index contributed by atoms with van der Waals surface area (Å²) in [5.74, 6) is 0.353. The highest BCUT2D eigenvalue weighted by Crippen LogP contribution is 2.36. The summed E-state index contributed by atoms with van der Waals surface area (Å²) in [6, 6.07) is 8.23. The third-order valence-corrected chi connectivity index (χ3v) is 6.08. The van der Waals surface area contributed by atoms with E-state index in [0.29, 0.717) is 44.4 Å². The first-order chi connectivity index (χ1) is 15.1. The van der Waals surface area contributed by atoms with Crippen LogP contribution in [0.2, 0.25) is 5.02 Å². The van der Waals surface area contributed by atoms with E-state index in [9.17, 15) is 13.2 Å². The molecule has 0 bridgehead atoms. The molecule has 0 spiro atoms. The van der Waals surface area contributed by atoms with Crippen molar-refractivity contribution in [3.63, 3.8) is 0 Å². The Labute approximate surface area is 201 Å². The zero-order chi connectivity index (χ0) is 23.9. The molecule has 1 N–H and O–H groups in total. The highest BCUT2D eigenvalue weighted by Gasteiger charge is 2.22. The van der Waals surface area contributed by atoms with Crippen molar-refractivity contribution in [2.75, 3.05) is 30.8 Å². The average Bonchev–Trinajstić information content (AvgIpc) is 2.72. The molecule has 0 atom stereocenters. The molecule has 0 fully saturated rings. The molecular formula is C21H23BrClN3O5S. The van der Waals surface area contributed by atoms with E-state index in [4.69, 9.17) is 21.1 Å². The van der Waals surface area contributed by atoms with E-state index in [1.54, 1.807) is 37.3 Å². The minimum Gasteiger partial charge on any atom is -0.493 e. The van der Waals surface area contributed by atoms with E-state index in [2.05, 4.69) is 33.0 Å². The van der Waals surface area contributed by atoms with E-state index in [1.807, 2.05) is 0 Å². The van der Waals surface area contributed by atoms with E-state index in [-0.39, 0.29) is 0 Å². The number of benzene rings is 2. The number of nitrogens with zero attached hydrogens (tertiary/aromatic N) is 2. The summed E-state index contributed by atoms with van der Waals surface area (Å²) in [6.07, 6.45) is 4.03. The van der Waals surface area contributed by atoms with Gasteiger partial charge >= 0.3 is 0 Å². The molecule has 0 radical (unpaired) electrons. The maximum absolute atomic E-state index is 12.4. The monoisotopic (exact) mass is 543 g/mol. The third kappa shape index (κ3) is 6.98. The molecule has 2 aromatic carbocycles. The number of rotatable bonds is 10. The molecule has 172 valence electrons. The average molecular weight is 545 g/mol. The quantitative estimate of drug-likeness (QED) is 0.278. The molecule has 11 heteroatoms. The fraction of sp³-hybridized carbons (Fsp3) is 0.238. The molecule has 0 saturated carbocycles. The Morgan fingerprint density at radius 1 is 1.34 bits per heavy atom. The number of sulfonamides is 1. The zero-order valence-electron chi connectivity index (χ0n) is 17.8. The van der Waals surface area contributed by atoms with Crippen molar-refractivity contribution in [3.8, 4) is 11.5 Å². The van der Waals surface area contributed by atoms with E-state index in [0.717, 1.165) is 10.6 Å². The summed E-state index contributed by atoms with van der Waals surface area (Å²) in [4.78, 5) is 12.4. The van der Waals surface area contributed by atoms with E-state index in [1.165, 1.54) is 19.4 Å². The fourth-order valence-electron chi connectivity index (χ4n) is 2.67. The number of hydrogen-bond acceptors (Lipinski definition) is 6. The summed E-state index contributed by atoms with van der Waals surface area (Å²) in [6.45, 7) is 5.19. The van der Waals surface area contributed by atoms with Crippen LogP contribution in [-0.4, -0.2) is 47.1 Å². The third-order valence-electron chi connectivity index (χ3n) is 4.13. The molecule has 0 aromatic heterocycles. The van der Waals surface area contributed by atoms with Gasteiger partial charge in [0.25, 0.3) is 5.91 Å². The second kappa shape index (κ2) is 11.3. The molecule has 2 aromatic rings. The van der Waals surface area contributed by atoms with Crippen LogP contribution in [0, 0.1) is 6.92 Å². The van der Waals surface area contributed by atoms with Gasteiger partial charge in [-0.05, 0) is 58.2 Å². The van der Waals surface area contributed by atoms with Crippen LogP contribution < -0.4 is 19.2 Å². The number of anilines is 1. The highest BCUT2D eigenvalue weighted by atomic mass is 79.9. The molecule has 2 rings (SSSR count). The lowest BCUT2D eigenvalue weighted by molar-refractivity contribution is -0.119. The number of ether oxygens (including phenoxy) is 2. The van der Waals surface area contributed by atoms with Crippen LogP contribution in [0.4, 0.5) is 5.69 Å². The molecule has 32 heavy (non-hydrogen) atoms. The normalized spacial score (nSPS) is 11.3. The maximum Gasteiger partial charge on any atom is 0.260 e. The Bertz CT molecular complexity index is 1140. The number of aryl methyl sites for hydroxylation is 1. The minimum absolute atomic E-state index is 0.307. The molecule has 0 unspecified atom stereocenters. The number of halogens is 2. The van der Waals surface area contributed by atoms with Crippen molar-refractivity contribution in [2.24, 2.45) is 5.10 Å². The Kier molecular flexibility index (Phi) is 9.11. The SMILES string of the molecule is C=CCOc1c(Br)cc(/C=N\NC(=O)CN(c2cc(Cl)ccc2C)S(C)(=O)=O)cc1OC. The predicted octanol–water partition coefficient (Wildman–Crippen LogP) is 3.90. The number of amides is 1. The van der Waals surface area contributed by atoms with Gasteiger partial charge in [-0.25, -0.2) is 13.8 Å². The minimum atomic E-state index is -3.74. The van der Waals surface area contributed by atoms with Gasteiger partial charge in [0.05, 0.1) is 29.7 Å². The largest absolute Gasteiger partial charge is 0.493 e. The summed E-state index contributed by atoms with van der Waals surface area (Å²) >= 11 is 9.41. The number of carbonyl (C=O) groups excluding carboxylic acids is 1. The Balaban J connectivity index is 2.16. The molecule has 0 aliphatic rings. The predicted molar refractivity (Wildman–Crippen MR) is 131 cm³/mol. The van der Waals surface area contributed by atoms with Crippen LogP contribution in [0.3, 0.4) is 0 Å². The van der Waals surface area contributed by atoms with Crippen molar-refractivity contribution in [1.82, 2.24) is 5.43 Å². The van der Waals surface area contributed by atoms with Crippen molar-refractivity contribution >= 4 is 55.4 Å². The Hall–Kier alpha value is -2.56. The van der Waals surface area contributed by atoms with Gasteiger partial charge in [0.2, 0.25) is 10.0 Å². The molecule has 0 aliphatic carbocycles. The van der Waals surface area contributed by atoms with Crippen LogP contribution in [-0.2, 0) is 14.8 Å². The zero-order valence-corrected chi connectivity index (χ0v) is 20.9. The van der Waals surface area contributed by atoms with E-state index < -0.39 is 22.5 Å². The molecule has 1 amide bonds. The molecule has 0 heterocycles. The first kappa shape index (κ1) is 25.7. The van der Waals surface area contributed by atoms with Crippen molar-refractivity contribution < 1.29 is 22.7 Å². The number of nitrogens with one attached hydrogen (secondary N) is 1. The van der Waals surface area contributed by atoms with Gasteiger partial charge in [0.15, 0.2) is 11.5 Å². The van der Waals surface area contributed by atoms with Crippen molar-refractivity contribution in [1.29, 1.82) is 0 Å². The summed E-state index contributed by atoms with van der Waals surface area (Å²) in [5, 5.41) is 4.27. The number of hydrogen-bond donors (Lipinski definition) is 1. The lowest BCUT2D eigenvalue weighted by atomic mass is 10.2. The maximum atomic E-state index is 12.4. The highest BCUT2D eigenvalue weighted by molar-refractivity contribution is 9.10. The molecule has 0 saturated heterocycles. The summed E-state index contributed by atoms with van der Waals surface area (Å²) in [7, 11) is -2.24. The fourth-order valence-corrected chi connectivity index (χ4v) is 4.32.